The number of anilines is 1. The fraction of sp³-hybridized carbons (Fsp3) is 0.533. The average Bonchev–Trinajstić information content (AvgIpc) is 2.86. The van der Waals surface area contributed by atoms with Crippen LogP contribution in [0.2, 0.25) is 0 Å². The molecule has 2 aliphatic heterocycles. The standard InChI is InChI=1S/C15H20N2O2/c1-11-3-2-7-17(10-11)15(18)16-13-4-5-14-12(9-13)6-8-19-14/h4-5,9,11H,2-3,6-8,10H2,1H3,(H,16,18)/t11-/m0/s1. The van der Waals surface area contributed by atoms with Crippen LogP contribution in [0.4, 0.5) is 10.5 Å². The Bertz CT molecular complexity index is 487. The Morgan fingerprint density at radius 3 is 3.21 bits per heavy atom. The SMILES string of the molecule is C[C@H]1CCCN(C(=O)Nc2ccc3c(c2)CCO3)C1. The molecule has 0 saturated carbocycles. The van der Waals surface area contributed by atoms with Gasteiger partial charge in [-0.1, -0.05) is 6.92 Å². The lowest BCUT2D eigenvalue weighted by atomic mass is 10.0. The first-order chi connectivity index (χ1) is 9.22. The summed E-state index contributed by atoms with van der Waals surface area (Å²) in [5, 5.41) is 2.99. The van der Waals surface area contributed by atoms with Gasteiger partial charge in [-0.2, -0.15) is 0 Å². The number of urea groups is 1. The first kappa shape index (κ1) is 12.3. The minimum absolute atomic E-state index is 0.0189. The van der Waals surface area contributed by atoms with Gasteiger partial charge in [0, 0.05) is 25.2 Å². The van der Waals surface area contributed by atoms with E-state index in [-0.39, 0.29) is 6.03 Å². The molecule has 2 heterocycles. The van der Waals surface area contributed by atoms with E-state index in [9.17, 15) is 4.79 Å². The number of likely N-dealkylation sites (tertiary alicyclic amines) is 1. The quantitative estimate of drug-likeness (QED) is 0.843. The first-order valence-electron chi connectivity index (χ1n) is 7.04. The van der Waals surface area contributed by atoms with Gasteiger partial charge in [0.2, 0.25) is 0 Å². The summed E-state index contributed by atoms with van der Waals surface area (Å²) in [6, 6.07) is 5.89. The number of hydrogen-bond donors (Lipinski definition) is 1. The van der Waals surface area contributed by atoms with Gasteiger partial charge < -0.3 is 15.0 Å². The molecule has 1 aromatic carbocycles. The fourth-order valence-electron chi connectivity index (χ4n) is 2.84. The van der Waals surface area contributed by atoms with Crippen molar-refractivity contribution >= 4 is 11.7 Å². The molecule has 1 aromatic rings. The molecule has 1 saturated heterocycles. The minimum Gasteiger partial charge on any atom is -0.493 e. The maximum Gasteiger partial charge on any atom is 0.321 e. The molecule has 2 amide bonds. The molecule has 1 atom stereocenters. The predicted octanol–water partition coefficient (Wildman–Crippen LogP) is 2.89. The van der Waals surface area contributed by atoms with E-state index in [4.69, 9.17) is 4.74 Å². The number of ether oxygens (including phenoxy) is 1. The number of piperidine rings is 1. The third-order valence-electron chi connectivity index (χ3n) is 3.88. The van der Waals surface area contributed by atoms with E-state index >= 15 is 0 Å². The molecule has 102 valence electrons. The van der Waals surface area contributed by atoms with Crippen LogP contribution in [-0.4, -0.2) is 30.6 Å². The van der Waals surface area contributed by atoms with E-state index in [1.807, 2.05) is 23.1 Å². The van der Waals surface area contributed by atoms with Crippen LogP contribution in [0.5, 0.6) is 5.75 Å². The lowest BCUT2D eigenvalue weighted by Gasteiger charge is -2.30. The van der Waals surface area contributed by atoms with Crippen LogP contribution in [0.25, 0.3) is 0 Å². The van der Waals surface area contributed by atoms with Crippen molar-refractivity contribution in [2.24, 2.45) is 5.92 Å². The van der Waals surface area contributed by atoms with E-state index in [1.165, 1.54) is 12.0 Å². The number of rotatable bonds is 1. The molecule has 1 fully saturated rings. The second-order valence-corrected chi connectivity index (χ2v) is 5.54. The number of amides is 2. The summed E-state index contributed by atoms with van der Waals surface area (Å²) < 4.78 is 5.47. The van der Waals surface area contributed by atoms with Crippen molar-refractivity contribution in [2.75, 3.05) is 25.0 Å². The molecule has 0 spiro atoms. The Balaban J connectivity index is 1.66. The van der Waals surface area contributed by atoms with Gasteiger partial charge in [-0.25, -0.2) is 4.79 Å². The highest BCUT2D eigenvalue weighted by molar-refractivity contribution is 5.89. The molecular formula is C15H20N2O2. The van der Waals surface area contributed by atoms with Gasteiger partial charge in [-0.05, 0) is 42.5 Å². The molecule has 4 heteroatoms. The van der Waals surface area contributed by atoms with Crippen molar-refractivity contribution in [3.05, 3.63) is 23.8 Å². The van der Waals surface area contributed by atoms with Gasteiger partial charge in [0.05, 0.1) is 6.61 Å². The Morgan fingerprint density at radius 1 is 1.47 bits per heavy atom. The van der Waals surface area contributed by atoms with E-state index in [2.05, 4.69) is 12.2 Å². The van der Waals surface area contributed by atoms with Crippen LogP contribution < -0.4 is 10.1 Å². The first-order valence-corrected chi connectivity index (χ1v) is 7.04. The Labute approximate surface area is 113 Å². The van der Waals surface area contributed by atoms with Crippen LogP contribution in [0.3, 0.4) is 0 Å². The summed E-state index contributed by atoms with van der Waals surface area (Å²) in [4.78, 5) is 14.1. The molecule has 0 radical (unpaired) electrons. The van der Waals surface area contributed by atoms with Gasteiger partial charge in [0.1, 0.15) is 5.75 Å². The zero-order valence-corrected chi connectivity index (χ0v) is 11.3. The van der Waals surface area contributed by atoms with E-state index in [1.54, 1.807) is 0 Å². The molecule has 0 bridgehead atoms. The van der Waals surface area contributed by atoms with Crippen molar-refractivity contribution < 1.29 is 9.53 Å². The van der Waals surface area contributed by atoms with Crippen LogP contribution >= 0.6 is 0 Å². The smallest absolute Gasteiger partial charge is 0.321 e. The Kier molecular flexibility index (Phi) is 3.32. The molecular weight excluding hydrogens is 240 g/mol. The van der Waals surface area contributed by atoms with Gasteiger partial charge in [0.15, 0.2) is 0 Å². The Morgan fingerprint density at radius 2 is 2.37 bits per heavy atom. The van der Waals surface area contributed by atoms with Crippen molar-refractivity contribution in [1.29, 1.82) is 0 Å². The lowest BCUT2D eigenvalue weighted by Crippen LogP contribution is -2.41. The molecule has 0 aromatic heterocycles. The maximum atomic E-state index is 12.2. The van der Waals surface area contributed by atoms with Gasteiger partial charge in [-0.15, -0.1) is 0 Å². The summed E-state index contributed by atoms with van der Waals surface area (Å²) in [6.07, 6.45) is 3.26. The lowest BCUT2D eigenvalue weighted by molar-refractivity contribution is 0.182. The van der Waals surface area contributed by atoms with E-state index in [0.717, 1.165) is 44.0 Å². The summed E-state index contributed by atoms with van der Waals surface area (Å²) >= 11 is 0. The van der Waals surface area contributed by atoms with Crippen LogP contribution in [0.1, 0.15) is 25.3 Å². The molecule has 0 unspecified atom stereocenters. The van der Waals surface area contributed by atoms with Crippen molar-refractivity contribution in [2.45, 2.75) is 26.2 Å². The fourth-order valence-corrected chi connectivity index (χ4v) is 2.84. The number of nitrogens with zero attached hydrogens (tertiary/aromatic N) is 1. The molecule has 0 aliphatic carbocycles. The van der Waals surface area contributed by atoms with Crippen LogP contribution in [0.15, 0.2) is 18.2 Å². The Hall–Kier alpha value is -1.71. The minimum atomic E-state index is 0.0189. The predicted molar refractivity (Wildman–Crippen MR) is 74.6 cm³/mol. The van der Waals surface area contributed by atoms with E-state index < -0.39 is 0 Å². The second-order valence-electron chi connectivity index (χ2n) is 5.54. The highest BCUT2D eigenvalue weighted by Crippen LogP contribution is 2.28. The summed E-state index contributed by atoms with van der Waals surface area (Å²) in [5.41, 5.74) is 2.05. The van der Waals surface area contributed by atoms with Gasteiger partial charge in [0.25, 0.3) is 0 Å². The third kappa shape index (κ3) is 2.67. The van der Waals surface area contributed by atoms with Crippen LogP contribution in [0, 0.1) is 5.92 Å². The third-order valence-corrected chi connectivity index (χ3v) is 3.88. The zero-order valence-electron chi connectivity index (χ0n) is 11.3. The van der Waals surface area contributed by atoms with Crippen molar-refractivity contribution in [1.82, 2.24) is 4.90 Å². The van der Waals surface area contributed by atoms with Gasteiger partial charge >= 0.3 is 6.03 Å². The van der Waals surface area contributed by atoms with E-state index in [0.29, 0.717) is 5.92 Å². The summed E-state index contributed by atoms with van der Waals surface area (Å²) in [5.74, 6) is 1.55. The largest absolute Gasteiger partial charge is 0.493 e. The number of nitrogens with one attached hydrogen (secondary N) is 1. The molecule has 4 nitrogen and oxygen atoms in total. The topological polar surface area (TPSA) is 41.6 Å². The highest BCUT2D eigenvalue weighted by Gasteiger charge is 2.21. The molecule has 3 rings (SSSR count). The molecule has 19 heavy (non-hydrogen) atoms. The van der Waals surface area contributed by atoms with Crippen molar-refractivity contribution in [3.8, 4) is 5.75 Å². The summed E-state index contributed by atoms with van der Waals surface area (Å²) in [7, 11) is 0. The maximum absolute atomic E-state index is 12.2. The molecule has 1 N–H and O–H groups in total. The van der Waals surface area contributed by atoms with Crippen LogP contribution in [-0.2, 0) is 6.42 Å². The van der Waals surface area contributed by atoms with Crippen molar-refractivity contribution in [3.63, 3.8) is 0 Å². The normalized spacial score (nSPS) is 21.7. The molecule has 2 aliphatic rings. The second kappa shape index (κ2) is 5.11. The number of fused-ring (bicyclic) bond motifs is 1. The monoisotopic (exact) mass is 260 g/mol. The zero-order chi connectivity index (χ0) is 13.2. The number of hydrogen-bond acceptors (Lipinski definition) is 2. The average molecular weight is 260 g/mol. The number of carbonyl (C=O) groups is 1. The highest BCUT2D eigenvalue weighted by atomic mass is 16.5. The number of carbonyl (C=O) groups excluding carboxylic acids is 1. The number of benzene rings is 1. The van der Waals surface area contributed by atoms with Gasteiger partial charge in [-0.3, -0.25) is 0 Å². The summed E-state index contributed by atoms with van der Waals surface area (Å²) in [6.45, 7) is 4.67.